The summed E-state index contributed by atoms with van der Waals surface area (Å²) in [5.74, 6) is 0.00814. The highest BCUT2D eigenvalue weighted by Crippen LogP contribution is 2.29. The van der Waals surface area contributed by atoms with Gasteiger partial charge in [0.15, 0.2) is 0 Å². The van der Waals surface area contributed by atoms with Gasteiger partial charge in [0.25, 0.3) is 0 Å². The summed E-state index contributed by atoms with van der Waals surface area (Å²) in [5, 5.41) is 0.298. The number of pyridine rings is 1. The summed E-state index contributed by atoms with van der Waals surface area (Å²) in [7, 11) is 0. The third kappa shape index (κ3) is 2.12. The summed E-state index contributed by atoms with van der Waals surface area (Å²) in [4.78, 5) is 8.16. The second-order valence-electron chi connectivity index (χ2n) is 4.18. The Morgan fingerprint density at radius 1 is 1.25 bits per heavy atom. The van der Waals surface area contributed by atoms with Crippen LogP contribution in [0.5, 0.6) is 0 Å². The zero-order valence-corrected chi connectivity index (χ0v) is 11.0. The van der Waals surface area contributed by atoms with E-state index in [2.05, 4.69) is 9.97 Å². The molecule has 0 saturated carbocycles. The number of halogens is 2. The van der Waals surface area contributed by atoms with E-state index in [0.29, 0.717) is 16.5 Å². The maximum atomic E-state index is 13.1. The number of nitrogens with zero attached hydrogens (tertiary/aromatic N) is 3. The van der Waals surface area contributed by atoms with Gasteiger partial charge in [-0.2, -0.15) is 0 Å². The number of anilines is 1. The highest BCUT2D eigenvalue weighted by molar-refractivity contribution is 6.32. The van der Waals surface area contributed by atoms with E-state index < -0.39 is 0 Å². The van der Waals surface area contributed by atoms with Crippen LogP contribution in [-0.4, -0.2) is 14.5 Å². The third-order valence-electron chi connectivity index (χ3n) is 2.92. The highest BCUT2D eigenvalue weighted by atomic mass is 35.5. The number of nitrogen functional groups attached to an aromatic ring is 1. The van der Waals surface area contributed by atoms with Crippen LogP contribution in [0.1, 0.15) is 0 Å². The average Bonchev–Trinajstić information content (AvgIpc) is 2.88. The number of hydrogen-bond acceptors (Lipinski definition) is 3. The maximum Gasteiger partial charge on any atom is 0.132 e. The topological polar surface area (TPSA) is 56.7 Å². The number of nitrogens with two attached hydrogens (primary N) is 1. The van der Waals surface area contributed by atoms with Crippen LogP contribution in [0.4, 0.5) is 10.2 Å². The fourth-order valence-corrected chi connectivity index (χ4v) is 2.26. The number of rotatable bonds is 2. The SMILES string of the molecule is Nc1ncccc1-c1cncn1-c1ccc(F)cc1Cl. The van der Waals surface area contributed by atoms with E-state index in [1.807, 2.05) is 6.07 Å². The van der Waals surface area contributed by atoms with Gasteiger partial charge in [-0.15, -0.1) is 0 Å². The standard InChI is InChI=1S/C14H10ClFN4/c15-11-6-9(16)3-4-12(11)20-8-18-7-13(20)10-2-1-5-19-14(10)17/h1-8H,(H2,17,19). The number of benzene rings is 1. The van der Waals surface area contributed by atoms with Gasteiger partial charge in [0, 0.05) is 11.8 Å². The van der Waals surface area contributed by atoms with Crippen LogP contribution in [0.2, 0.25) is 5.02 Å². The van der Waals surface area contributed by atoms with Crippen molar-refractivity contribution in [2.45, 2.75) is 0 Å². The second kappa shape index (κ2) is 4.94. The van der Waals surface area contributed by atoms with Gasteiger partial charge < -0.3 is 5.73 Å². The van der Waals surface area contributed by atoms with Crippen molar-refractivity contribution in [3.05, 3.63) is 59.9 Å². The maximum absolute atomic E-state index is 13.1. The molecule has 2 N–H and O–H groups in total. The summed E-state index contributed by atoms with van der Waals surface area (Å²) in [6.45, 7) is 0. The Morgan fingerprint density at radius 2 is 2.10 bits per heavy atom. The lowest BCUT2D eigenvalue weighted by Gasteiger charge is -2.11. The zero-order chi connectivity index (χ0) is 14.1. The minimum Gasteiger partial charge on any atom is -0.383 e. The molecule has 2 heterocycles. The van der Waals surface area contributed by atoms with Gasteiger partial charge in [-0.3, -0.25) is 4.57 Å². The predicted octanol–water partition coefficient (Wildman–Crippen LogP) is 3.31. The van der Waals surface area contributed by atoms with Crippen LogP contribution in [0, 0.1) is 5.82 Å². The van der Waals surface area contributed by atoms with Gasteiger partial charge >= 0.3 is 0 Å². The molecule has 0 atom stereocenters. The minimum absolute atomic E-state index is 0.298. The number of imidazole rings is 1. The first-order chi connectivity index (χ1) is 9.66. The molecule has 0 saturated heterocycles. The summed E-state index contributed by atoms with van der Waals surface area (Å²) in [6, 6.07) is 7.82. The molecule has 0 spiro atoms. The van der Waals surface area contributed by atoms with E-state index in [9.17, 15) is 4.39 Å². The average molecular weight is 289 g/mol. The molecule has 0 bridgehead atoms. The molecule has 4 nitrogen and oxygen atoms in total. The van der Waals surface area contributed by atoms with Crippen LogP contribution in [0.25, 0.3) is 16.9 Å². The molecule has 100 valence electrons. The molecule has 0 amide bonds. The molecular weight excluding hydrogens is 279 g/mol. The summed E-state index contributed by atoms with van der Waals surface area (Å²) >= 11 is 6.08. The zero-order valence-electron chi connectivity index (χ0n) is 10.3. The first-order valence-electron chi connectivity index (χ1n) is 5.85. The van der Waals surface area contributed by atoms with Crippen LogP contribution in [-0.2, 0) is 0 Å². The van der Waals surface area contributed by atoms with E-state index in [1.165, 1.54) is 12.1 Å². The molecule has 0 aliphatic carbocycles. The van der Waals surface area contributed by atoms with E-state index in [1.54, 1.807) is 35.4 Å². The van der Waals surface area contributed by atoms with Gasteiger partial charge in [-0.05, 0) is 30.3 Å². The Balaban J connectivity index is 2.18. The van der Waals surface area contributed by atoms with Crippen molar-refractivity contribution < 1.29 is 4.39 Å². The third-order valence-corrected chi connectivity index (χ3v) is 3.22. The monoisotopic (exact) mass is 288 g/mol. The highest BCUT2D eigenvalue weighted by Gasteiger charge is 2.12. The molecule has 0 aliphatic heterocycles. The predicted molar refractivity (Wildman–Crippen MR) is 76.2 cm³/mol. The Bertz CT molecular complexity index is 769. The summed E-state index contributed by atoms with van der Waals surface area (Å²) < 4.78 is 14.9. The molecule has 3 aromatic rings. The molecule has 20 heavy (non-hydrogen) atoms. The fourth-order valence-electron chi connectivity index (χ4n) is 2.00. The second-order valence-corrected chi connectivity index (χ2v) is 4.59. The minimum atomic E-state index is -0.388. The van der Waals surface area contributed by atoms with Gasteiger partial charge in [-0.25, -0.2) is 14.4 Å². The fraction of sp³-hybridized carbons (Fsp3) is 0. The Hall–Kier alpha value is -2.40. The Morgan fingerprint density at radius 3 is 2.85 bits per heavy atom. The van der Waals surface area contributed by atoms with Gasteiger partial charge in [0.05, 0.1) is 28.9 Å². The first kappa shape index (κ1) is 12.6. The van der Waals surface area contributed by atoms with Gasteiger partial charge in [0.1, 0.15) is 11.6 Å². The lowest BCUT2D eigenvalue weighted by atomic mass is 10.2. The largest absolute Gasteiger partial charge is 0.383 e. The molecule has 2 aromatic heterocycles. The van der Waals surface area contributed by atoms with Crippen molar-refractivity contribution in [1.82, 2.24) is 14.5 Å². The quantitative estimate of drug-likeness (QED) is 0.787. The van der Waals surface area contributed by atoms with Crippen molar-refractivity contribution >= 4 is 17.4 Å². The number of aromatic nitrogens is 3. The molecule has 3 rings (SSSR count). The summed E-state index contributed by atoms with van der Waals surface area (Å²) in [5.41, 5.74) is 7.99. The smallest absolute Gasteiger partial charge is 0.132 e. The molecule has 0 aliphatic rings. The Labute approximate surface area is 119 Å². The van der Waals surface area contributed by atoms with Crippen molar-refractivity contribution in [3.63, 3.8) is 0 Å². The van der Waals surface area contributed by atoms with Crippen molar-refractivity contribution in [2.75, 3.05) is 5.73 Å². The van der Waals surface area contributed by atoms with Gasteiger partial charge in [-0.1, -0.05) is 11.6 Å². The van der Waals surface area contributed by atoms with E-state index in [0.717, 1.165) is 11.3 Å². The normalized spacial score (nSPS) is 10.7. The van der Waals surface area contributed by atoms with E-state index in [4.69, 9.17) is 17.3 Å². The van der Waals surface area contributed by atoms with Crippen LogP contribution < -0.4 is 5.73 Å². The van der Waals surface area contributed by atoms with Crippen LogP contribution in [0.3, 0.4) is 0 Å². The van der Waals surface area contributed by atoms with Crippen LogP contribution in [0.15, 0.2) is 49.1 Å². The molecule has 0 unspecified atom stereocenters. The lowest BCUT2D eigenvalue weighted by molar-refractivity contribution is 0.627. The summed E-state index contributed by atoms with van der Waals surface area (Å²) in [6.07, 6.45) is 4.87. The lowest BCUT2D eigenvalue weighted by Crippen LogP contribution is -2.00. The van der Waals surface area contributed by atoms with Crippen LogP contribution >= 0.6 is 11.6 Å². The first-order valence-corrected chi connectivity index (χ1v) is 6.23. The molecular formula is C14H10ClFN4. The molecule has 0 fully saturated rings. The van der Waals surface area contributed by atoms with Crippen molar-refractivity contribution in [1.29, 1.82) is 0 Å². The number of hydrogen-bond donors (Lipinski definition) is 1. The van der Waals surface area contributed by atoms with Crippen molar-refractivity contribution in [2.24, 2.45) is 0 Å². The molecule has 1 aromatic carbocycles. The molecule has 0 radical (unpaired) electrons. The van der Waals surface area contributed by atoms with E-state index >= 15 is 0 Å². The van der Waals surface area contributed by atoms with Crippen molar-refractivity contribution in [3.8, 4) is 16.9 Å². The Kier molecular flexibility index (Phi) is 3.12. The van der Waals surface area contributed by atoms with E-state index in [-0.39, 0.29) is 5.82 Å². The van der Waals surface area contributed by atoms with Gasteiger partial charge in [0.2, 0.25) is 0 Å². The molecule has 6 heteroatoms.